The Morgan fingerprint density at radius 2 is 1.71 bits per heavy atom. The predicted octanol–water partition coefficient (Wildman–Crippen LogP) is 1.84. The smallest absolute Gasteiger partial charge is 0.134 e. The summed E-state index contributed by atoms with van der Waals surface area (Å²) in [6, 6.07) is 1.56. The maximum atomic E-state index is 6.31. The van der Waals surface area contributed by atoms with Crippen molar-refractivity contribution >= 4 is 9.52 Å². The quantitative estimate of drug-likeness (QED) is 0.534. The molecule has 0 radical (unpaired) electrons. The molecule has 4 heteroatoms. The van der Waals surface area contributed by atoms with Crippen molar-refractivity contribution in [1.82, 2.24) is 0 Å². The zero-order chi connectivity index (χ0) is 12.5. The van der Waals surface area contributed by atoms with Gasteiger partial charge in [-0.25, -0.2) is 0 Å². The Kier molecular flexibility index (Phi) is 8.10. The van der Waals surface area contributed by atoms with Crippen molar-refractivity contribution in [3.05, 3.63) is 0 Å². The SMILES string of the molecule is CCOC(OCC)[SiH2]CC(N)C1CCCCC1. The number of ether oxygens (including phenoxy) is 2. The fourth-order valence-electron chi connectivity index (χ4n) is 2.71. The van der Waals surface area contributed by atoms with Gasteiger partial charge in [0, 0.05) is 19.3 Å². The molecule has 1 saturated carbocycles. The summed E-state index contributed by atoms with van der Waals surface area (Å²) in [5.74, 6) is 0.847. The van der Waals surface area contributed by atoms with Crippen LogP contribution < -0.4 is 5.73 Å². The molecule has 0 saturated heterocycles. The van der Waals surface area contributed by atoms with Crippen molar-refractivity contribution in [2.75, 3.05) is 13.2 Å². The summed E-state index contributed by atoms with van der Waals surface area (Å²) in [4.78, 5) is 0. The Bertz CT molecular complexity index is 180. The van der Waals surface area contributed by atoms with E-state index in [2.05, 4.69) is 0 Å². The molecule has 0 aromatic rings. The minimum Gasteiger partial charge on any atom is -0.357 e. The largest absolute Gasteiger partial charge is 0.357 e. The second kappa shape index (κ2) is 9.08. The molecule has 1 fully saturated rings. The van der Waals surface area contributed by atoms with Crippen LogP contribution in [0.5, 0.6) is 0 Å². The normalized spacial score (nSPS) is 20.5. The lowest BCUT2D eigenvalue weighted by Crippen LogP contribution is -2.36. The van der Waals surface area contributed by atoms with Gasteiger partial charge in [0.1, 0.15) is 5.91 Å². The lowest BCUT2D eigenvalue weighted by Gasteiger charge is -2.28. The van der Waals surface area contributed by atoms with Gasteiger partial charge in [0.2, 0.25) is 0 Å². The highest BCUT2D eigenvalue weighted by atomic mass is 28.2. The zero-order valence-corrected chi connectivity index (χ0v) is 12.9. The predicted molar refractivity (Wildman–Crippen MR) is 74.9 cm³/mol. The van der Waals surface area contributed by atoms with Gasteiger partial charge in [0.05, 0.1) is 9.52 Å². The van der Waals surface area contributed by atoms with E-state index in [4.69, 9.17) is 15.2 Å². The van der Waals surface area contributed by atoms with Crippen LogP contribution in [0.25, 0.3) is 0 Å². The first-order valence-electron chi connectivity index (χ1n) is 7.26. The minimum atomic E-state index is -0.359. The van der Waals surface area contributed by atoms with Crippen molar-refractivity contribution in [2.45, 2.75) is 64.0 Å². The van der Waals surface area contributed by atoms with Crippen molar-refractivity contribution in [3.8, 4) is 0 Å². The van der Waals surface area contributed by atoms with Gasteiger partial charge < -0.3 is 15.2 Å². The van der Waals surface area contributed by atoms with Crippen LogP contribution in [0, 0.1) is 5.92 Å². The fraction of sp³-hybridized carbons (Fsp3) is 1.00. The van der Waals surface area contributed by atoms with E-state index in [1.165, 1.54) is 32.1 Å². The van der Waals surface area contributed by atoms with E-state index in [-0.39, 0.29) is 15.4 Å². The van der Waals surface area contributed by atoms with Crippen LogP contribution in [0.3, 0.4) is 0 Å². The van der Waals surface area contributed by atoms with Gasteiger partial charge in [-0.15, -0.1) is 0 Å². The monoisotopic (exact) mass is 259 g/mol. The molecule has 1 aliphatic carbocycles. The molecule has 0 aliphatic heterocycles. The van der Waals surface area contributed by atoms with Crippen LogP contribution >= 0.6 is 0 Å². The van der Waals surface area contributed by atoms with E-state index >= 15 is 0 Å². The topological polar surface area (TPSA) is 44.5 Å². The third-order valence-corrected chi connectivity index (χ3v) is 5.64. The van der Waals surface area contributed by atoms with E-state index in [9.17, 15) is 0 Å². The van der Waals surface area contributed by atoms with Crippen LogP contribution in [0.1, 0.15) is 46.0 Å². The Morgan fingerprint density at radius 1 is 1.12 bits per heavy atom. The average Bonchev–Trinajstić information content (AvgIpc) is 2.37. The molecule has 0 heterocycles. The summed E-state index contributed by atoms with van der Waals surface area (Å²) in [6.45, 7) is 5.55. The Labute approximate surface area is 108 Å². The molecule has 3 nitrogen and oxygen atoms in total. The summed E-state index contributed by atoms with van der Waals surface area (Å²) < 4.78 is 11.2. The van der Waals surface area contributed by atoms with Gasteiger partial charge in [-0.1, -0.05) is 19.3 Å². The molecule has 0 aromatic heterocycles. The van der Waals surface area contributed by atoms with Gasteiger partial charge in [-0.2, -0.15) is 0 Å². The molecule has 1 aliphatic rings. The summed E-state index contributed by atoms with van der Waals surface area (Å²) in [7, 11) is -0.359. The highest BCUT2D eigenvalue weighted by Gasteiger charge is 2.21. The van der Waals surface area contributed by atoms with E-state index in [0.717, 1.165) is 25.2 Å². The van der Waals surface area contributed by atoms with E-state index < -0.39 is 0 Å². The second-order valence-corrected chi connectivity index (χ2v) is 6.80. The number of hydrogen-bond acceptors (Lipinski definition) is 3. The van der Waals surface area contributed by atoms with E-state index in [1.54, 1.807) is 0 Å². The highest BCUT2D eigenvalue weighted by molar-refractivity contribution is 6.36. The maximum absolute atomic E-state index is 6.31. The number of hydrogen-bond donors (Lipinski definition) is 1. The first-order valence-corrected chi connectivity index (χ1v) is 9.08. The molecule has 0 bridgehead atoms. The van der Waals surface area contributed by atoms with Crippen LogP contribution in [0.2, 0.25) is 6.04 Å². The highest BCUT2D eigenvalue weighted by Crippen LogP contribution is 2.26. The average molecular weight is 259 g/mol. The Morgan fingerprint density at radius 3 is 2.24 bits per heavy atom. The van der Waals surface area contributed by atoms with Crippen LogP contribution in [-0.4, -0.2) is 34.7 Å². The van der Waals surface area contributed by atoms with Crippen molar-refractivity contribution in [2.24, 2.45) is 11.7 Å². The molecule has 102 valence electrons. The second-order valence-electron chi connectivity index (χ2n) is 4.98. The summed E-state index contributed by atoms with van der Waals surface area (Å²) in [5.41, 5.74) is 6.31. The molecule has 0 aromatic carbocycles. The molecule has 2 N–H and O–H groups in total. The minimum absolute atomic E-state index is 0.0830. The van der Waals surface area contributed by atoms with Crippen LogP contribution in [0.15, 0.2) is 0 Å². The van der Waals surface area contributed by atoms with Gasteiger partial charge >= 0.3 is 0 Å². The third kappa shape index (κ3) is 6.00. The van der Waals surface area contributed by atoms with Gasteiger partial charge in [0.15, 0.2) is 0 Å². The molecule has 1 rings (SSSR count). The third-order valence-electron chi connectivity index (χ3n) is 3.70. The molecule has 1 atom stereocenters. The lowest BCUT2D eigenvalue weighted by molar-refractivity contribution is -0.0829. The lowest BCUT2D eigenvalue weighted by atomic mass is 9.85. The molecule has 0 spiro atoms. The first kappa shape index (κ1) is 15.2. The molecule has 1 unspecified atom stereocenters. The summed E-state index contributed by atoms with van der Waals surface area (Å²) >= 11 is 0. The van der Waals surface area contributed by atoms with Crippen LogP contribution in [0.4, 0.5) is 0 Å². The van der Waals surface area contributed by atoms with E-state index in [1.807, 2.05) is 13.8 Å². The van der Waals surface area contributed by atoms with E-state index in [0.29, 0.717) is 6.04 Å². The number of nitrogens with two attached hydrogens (primary N) is 1. The van der Waals surface area contributed by atoms with Gasteiger partial charge in [-0.3, -0.25) is 0 Å². The molecular formula is C13H29NO2Si. The van der Waals surface area contributed by atoms with Crippen molar-refractivity contribution in [3.63, 3.8) is 0 Å². The molecular weight excluding hydrogens is 230 g/mol. The Balaban J connectivity index is 2.21. The summed E-state index contributed by atoms with van der Waals surface area (Å²) in [5, 5.41) is 0. The summed E-state index contributed by atoms with van der Waals surface area (Å²) in [6.07, 6.45) is 6.83. The van der Waals surface area contributed by atoms with Crippen molar-refractivity contribution in [1.29, 1.82) is 0 Å². The first-order chi connectivity index (χ1) is 8.27. The number of rotatable bonds is 8. The Hall–Kier alpha value is 0.0969. The molecule has 0 amide bonds. The van der Waals surface area contributed by atoms with Crippen molar-refractivity contribution < 1.29 is 9.47 Å². The molecule has 17 heavy (non-hydrogen) atoms. The maximum Gasteiger partial charge on any atom is 0.134 e. The fourth-order valence-corrected chi connectivity index (χ4v) is 4.65. The van der Waals surface area contributed by atoms with Gasteiger partial charge in [-0.05, 0) is 38.7 Å². The standard InChI is InChI=1S/C13H29NO2Si/c1-3-15-13(16-4-2)17-10-12(14)11-8-6-5-7-9-11/h11-13H,3-10,14,17H2,1-2H3. The van der Waals surface area contributed by atoms with Gasteiger partial charge in [0.25, 0.3) is 0 Å². The zero-order valence-electron chi connectivity index (χ0n) is 11.5. The van der Waals surface area contributed by atoms with Crippen LogP contribution in [-0.2, 0) is 9.47 Å².